The van der Waals surface area contributed by atoms with Gasteiger partial charge in [0, 0.05) is 6.20 Å². The van der Waals surface area contributed by atoms with Crippen LogP contribution in [0.3, 0.4) is 0 Å². The van der Waals surface area contributed by atoms with Crippen LogP contribution in [0.1, 0.15) is 5.69 Å². The Morgan fingerprint density at radius 1 is 1.75 bits per heavy atom. The Kier molecular flexibility index (Phi) is 1.32. The van der Waals surface area contributed by atoms with Crippen molar-refractivity contribution in [2.75, 3.05) is 0 Å². The van der Waals surface area contributed by atoms with Gasteiger partial charge < -0.3 is 10.8 Å². The number of nitrogens with one attached hydrogen (secondary N) is 1. The molecule has 0 aliphatic rings. The van der Waals surface area contributed by atoms with Gasteiger partial charge in [-0.25, -0.2) is 0 Å². The van der Waals surface area contributed by atoms with Crippen molar-refractivity contribution in [1.29, 1.82) is 0 Å². The van der Waals surface area contributed by atoms with Gasteiger partial charge in [0.1, 0.15) is 0 Å². The van der Waals surface area contributed by atoms with E-state index >= 15 is 0 Å². The quantitative estimate of drug-likeness (QED) is 0.304. The van der Waals surface area contributed by atoms with E-state index in [1.54, 1.807) is 6.21 Å². The first-order valence-corrected chi connectivity index (χ1v) is 2.30. The Balaban J connectivity index is 2.77. The number of rotatable bonds is 1. The number of hydrogen-bond acceptors (Lipinski definition) is 2. The summed E-state index contributed by atoms with van der Waals surface area (Å²) in [7, 11) is 0. The Bertz CT molecular complexity index is 164. The van der Waals surface area contributed by atoms with Gasteiger partial charge in [0.15, 0.2) is 0 Å². The Labute approximate surface area is 47.2 Å². The predicted octanol–water partition coefficient (Wildman–Crippen LogP) is 0.307. The van der Waals surface area contributed by atoms with Crippen molar-refractivity contribution in [3.05, 3.63) is 24.0 Å². The van der Waals surface area contributed by atoms with Crippen molar-refractivity contribution in [3.63, 3.8) is 0 Å². The first kappa shape index (κ1) is 4.90. The van der Waals surface area contributed by atoms with Gasteiger partial charge in [-0.1, -0.05) is 0 Å². The molecule has 1 aromatic rings. The second kappa shape index (κ2) is 2.16. The van der Waals surface area contributed by atoms with Crippen molar-refractivity contribution in [2.24, 2.45) is 10.9 Å². The van der Waals surface area contributed by atoms with Crippen LogP contribution >= 0.6 is 0 Å². The summed E-state index contributed by atoms with van der Waals surface area (Å²) in [5, 5.41) is 3.32. The van der Waals surface area contributed by atoms with E-state index in [0.717, 1.165) is 5.69 Å². The van der Waals surface area contributed by atoms with E-state index in [2.05, 4.69) is 10.1 Å². The summed E-state index contributed by atoms with van der Waals surface area (Å²) >= 11 is 0. The van der Waals surface area contributed by atoms with Crippen LogP contribution in [0.25, 0.3) is 0 Å². The highest BCUT2D eigenvalue weighted by molar-refractivity contribution is 5.76. The summed E-state index contributed by atoms with van der Waals surface area (Å²) in [5.41, 5.74) is 0.924. The third kappa shape index (κ3) is 0.872. The molecule has 3 heteroatoms. The van der Waals surface area contributed by atoms with Crippen LogP contribution in [-0.4, -0.2) is 11.2 Å². The zero-order valence-electron chi connectivity index (χ0n) is 4.33. The lowest BCUT2D eigenvalue weighted by Crippen LogP contribution is -1.84. The van der Waals surface area contributed by atoms with Crippen molar-refractivity contribution >= 4 is 6.21 Å². The van der Waals surface area contributed by atoms with E-state index in [4.69, 9.17) is 5.84 Å². The highest BCUT2D eigenvalue weighted by Gasteiger charge is 1.80. The molecule has 42 valence electrons. The van der Waals surface area contributed by atoms with E-state index in [-0.39, 0.29) is 0 Å². The first-order chi connectivity index (χ1) is 3.93. The fourth-order valence-electron chi connectivity index (χ4n) is 0.505. The molecule has 0 saturated carbocycles. The largest absolute Gasteiger partial charge is 0.360 e. The summed E-state index contributed by atoms with van der Waals surface area (Å²) in [6, 6.07) is 3.77. The topological polar surface area (TPSA) is 54.2 Å². The summed E-state index contributed by atoms with van der Waals surface area (Å²) in [5.74, 6) is 4.87. The van der Waals surface area contributed by atoms with Crippen molar-refractivity contribution in [2.45, 2.75) is 0 Å². The number of nitrogens with two attached hydrogens (primary N) is 1. The molecule has 0 aromatic carbocycles. The SMILES string of the molecule is NN=Cc1ccc[nH]1. The second-order valence-electron chi connectivity index (χ2n) is 1.40. The van der Waals surface area contributed by atoms with Crippen molar-refractivity contribution < 1.29 is 0 Å². The van der Waals surface area contributed by atoms with E-state index in [0.29, 0.717) is 0 Å². The van der Waals surface area contributed by atoms with Crippen LogP contribution in [-0.2, 0) is 0 Å². The predicted molar refractivity (Wildman–Crippen MR) is 32.6 cm³/mol. The Morgan fingerprint density at radius 3 is 3.12 bits per heavy atom. The van der Waals surface area contributed by atoms with E-state index in [1.165, 1.54) is 0 Å². The molecule has 0 atom stereocenters. The van der Waals surface area contributed by atoms with Gasteiger partial charge >= 0.3 is 0 Å². The summed E-state index contributed by atoms with van der Waals surface area (Å²) in [4.78, 5) is 2.91. The number of aromatic nitrogens is 1. The highest BCUT2D eigenvalue weighted by Crippen LogP contribution is 1.86. The molecule has 0 amide bonds. The Morgan fingerprint density at radius 2 is 2.62 bits per heavy atom. The van der Waals surface area contributed by atoms with Crippen LogP contribution in [0.4, 0.5) is 0 Å². The zero-order chi connectivity index (χ0) is 5.82. The van der Waals surface area contributed by atoms with Gasteiger partial charge in [-0.15, -0.1) is 0 Å². The normalized spacial score (nSPS) is 10.5. The van der Waals surface area contributed by atoms with Crippen molar-refractivity contribution in [1.82, 2.24) is 4.98 Å². The number of nitrogens with zero attached hydrogens (tertiary/aromatic N) is 1. The fourth-order valence-corrected chi connectivity index (χ4v) is 0.505. The zero-order valence-corrected chi connectivity index (χ0v) is 4.33. The molecular weight excluding hydrogens is 102 g/mol. The molecule has 3 nitrogen and oxygen atoms in total. The lowest BCUT2D eigenvalue weighted by atomic mass is 10.5. The number of hydrazone groups is 1. The monoisotopic (exact) mass is 109 g/mol. The minimum atomic E-state index is 0.924. The molecule has 0 saturated heterocycles. The number of aromatic amines is 1. The molecule has 3 N–H and O–H groups in total. The number of H-pyrrole nitrogens is 1. The number of hydrogen-bond donors (Lipinski definition) is 2. The maximum atomic E-state index is 4.87. The maximum Gasteiger partial charge on any atom is 0.0700 e. The molecule has 1 aromatic heterocycles. The molecular formula is C5H7N3. The van der Waals surface area contributed by atoms with Crippen LogP contribution in [0.15, 0.2) is 23.4 Å². The van der Waals surface area contributed by atoms with Crippen LogP contribution < -0.4 is 5.84 Å². The van der Waals surface area contributed by atoms with Gasteiger partial charge in [-0.3, -0.25) is 0 Å². The van der Waals surface area contributed by atoms with Gasteiger partial charge in [0.25, 0.3) is 0 Å². The summed E-state index contributed by atoms with van der Waals surface area (Å²) in [6.07, 6.45) is 3.37. The Hall–Kier alpha value is -1.25. The summed E-state index contributed by atoms with van der Waals surface area (Å²) < 4.78 is 0. The third-order valence-electron chi connectivity index (χ3n) is 0.836. The molecule has 0 radical (unpaired) electrons. The lowest BCUT2D eigenvalue weighted by molar-refractivity contribution is 1.25. The smallest absolute Gasteiger partial charge is 0.0700 e. The summed E-state index contributed by atoms with van der Waals surface area (Å²) in [6.45, 7) is 0. The second-order valence-corrected chi connectivity index (χ2v) is 1.40. The lowest BCUT2D eigenvalue weighted by Gasteiger charge is -1.77. The molecule has 0 bridgehead atoms. The molecule has 0 aliphatic heterocycles. The van der Waals surface area contributed by atoms with Gasteiger partial charge in [0.05, 0.1) is 11.9 Å². The highest BCUT2D eigenvalue weighted by atomic mass is 15.1. The maximum absolute atomic E-state index is 4.87. The van der Waals surface area contributed by atoms with E-state index < -0.39 is 0 Å². The van der Waals surface area contributed by atoms with E-state index in [1.807, 2.05) is 18.3 Å². The molecule has 8 heavy (non-hydrogen) atoms. The standard InChI is InChI=1S/C5H7N3/c6-8-4-5-2-1-3-7-5/h1-4,7H,6H2. The van der Waals surface area contributed by atoms with Crippen LogP contribution in [0, 0.1) is 0 Å². The average molecular weight is 109 g/mol. The van der Waals surface area contributed by atoms with Gasteiger partial charge in [-0.2, -0.15) is 5.10 Å². The molecule has 1 rings (SSSR count). The minimum absolute atomic E-state index is 0.924. The van der Waals surface area contributed by atoms with Gasteiger partial charge in [-0.05, 0) is 12.1 Å². The van der Waals surface area contributed by atoms with Crippen molar-refractivity contribution in [3.8, 4) is 0 Å². The van der Waals surface area contributed by atoms with E-state index in [9.17, 15) is 0 Å². The van der Waals surface area contributed by atoms with Gasteiger partial charge in [0.2, 0.25) is 0 Å². The molecule has 0 unspecified atom stereocenters. The fraction of sp³-hybridized carbons (Fsp3) is 0. The van der Waals surface area contributed by atoms with Crippen LogP contribution in [0.2, 0.25) is 0 Å². The molecule has 0 fully saturated rings. The third-order valence-corrected chi connectivity index (χ3v) is 0.836. The van der Waals surface area contributed by atoms with Crippen LogP contribution in [0.5, 0.6) is 0 Å². The first-order valence-electron chi connectivity index (χ1n) is 2.30. The minimum Gasteiger partial charge on any atom is -0.360 e. The molecule has 1 heterocycles. The molecule has 0 spiro atoms. The molecule has 0 aliphatic carbocycles. The average Bonchev–Trinajstić information content (AvgIpc) is 2.19.